The van der Waals surface area contributed by atoms with Crippen LogP contribution in [0.5, 0.6) is 0 Å². The van der Waals surface area contributed by atoms with Crippen LogP contribution in [0.3, 0.4) is 0 Å². The monoisotopic (exact) mass is 283 g/mol. The van der Waals surface area contributed by atoms with E-state index in [1.165, 1.54) is 15.9 Å². The molecule has 20 heavy (non-hydrogen) atoms. The molecule has 0 aliphatic carbocycles. The molecule has 3 aliphatic heterocycles. The SMILES string of the molecule is O=c1c2c[nH]c3c(c-2nn1-c1ccccc1)CSCC3. The maximum Gasteiger partial charge on any atom is 0.282 e. The van der Waals surface area contributed by atoms with Crippen molar-refractivity contribution in [1.29, 1.82) is 0 Å². The predicted molar refractivity (Wildman–Crippen MR) is 80.7 cm³/mol. The number of nitrogens with zero attached hydrogens (tertiary/aromatic N) is 2. The van der Waals surface area contributed by atoms with E-state index in [0.717, 1.165) is 29.3 Å². The minimum absolute atomic E-state index is 0.0548. The highest BCUT2D eigenvalue weighted by Gasteiger charge is 2.23. The molecule has 1 N–H and O–H groups in total. The molecule has 1 aromatic rings. The molecule has 3 heterocycles. The lowest BCUT2D eigenvalue weighted by atomic mass is 10.1. The van der Waals surface area contributed by atoms with Gasteiger partial charge in [0.25, 0.3) is 5.56 Å². The molecule has 100 valence electrons. The van der Waals surface area contributed by atoms with E-state index < -0.39 is 0 Å². The number of fused-ring (bicyclic) bond motifs is 3. The molecular formula is C15H13N3OS. The first-order valence-corrected chi connectivity index (χ1v) is 7.75. The molecule has 4 rings (SSSR count). The minimum Gasteiger partial charge on any atom is -0.364 e. The zero-order chi connectivity index (χ0) is 13.5. The van der Waals surface area contributed by atoms with Crippen molar-refractivity contribution in [3.63, 3.8) is 0 Å². The molecule has 0 atom stereocenters. The van der Waals surface area contributed by atoms with Gasteiger partial charge in [0.05, 0.1) is 11.3 Å². The third kappa shape index (κ3) is 1.70. The van der Waals surface area contributed by atoms with Gasteiger partial charge in [-0.3, -0.25) is 4.79 Å². The normalized spacial score (nSPS) is 14.4. The zero-order valence-corrected chi connectivity index (χ0v) is 11.6. The van der Waals surface area contributed by atoms with Crippen LogP contribution in [0.1, 0.15) is 11.3 Å². The van der Waals surface area contributed by atoms with Crippen LogP contribution in [0.4, 0.5) is 0 Å². The first kappa shape index (κ1) is 11.8. The van der Waals surface area contributed by atoms with E-state index in [0.29, 0.717) is 5.56 Å². The first-order chi connectivity index (χ1) is 9.84. The van der Waals surface area contributed by atoms with Gasteiger partial charge in [-0.15, -0.1) is 0 Å². The van der Waals surface area contributed by atoms with E-state index >= 15 is 0 Å². The van der Waals surface area contributed by atoms with E-state index in [2.05, 4.69) is 10.1 Å². The highest BCUT2D eigenvalue weighted by atomic mass is 32.2. The van der Waals surface area contributed by atoms with Gasteiger partial charge in [-0.05, 0) is 24.3 Å². The zero-order valence-electron chi connectivity index (χ0n) is 10.8. The summed E-state index contributed by atoms with van der Waals surface area (Å²) in [5.41, 5.74) is 4.68. The first-order valence-electron chi connectivity index (χ1n) is 6.60. The largest absolute Gasteiger partial charge is 0.364 e. The van der Waals surface area contributed by atoms with Crippen LogP contribution in [0.25, 0.3) is 16.9 Å². The fourth-order valence-electron chi connectivity index (χ4n) is 2.63. The number of aromatic nitrogens is 3. The topological polar surface area (TPSA) is 50.7 Å². The molecule has 0 unspecified atom stereocenters. The van der Waals surface area contributed by atoms with E-state index in [-0.39, 0.29) is 5.56 Å². The summed E-state index contributed by atoms with van der Waals surface area (Å²) in [7, 11) is 0. The number of H-pyrrole nitrogens is 1. The Morgan fingerprint density at radius 3 is 2.95 bits per heavy atom. The van der Waals surface area contributed by atoms with E-state index in [9.17, 15) is 4.79 Å². The molecular weight excluding hydrogens is 270 g/mol. The number of hydrogen-bond donors (Lipinski definition) is 1. The number of thioether (sulfide) groups is 1. The Bertz CT molecular complexity index is 791. The van der Waals surface area contributed by atoms with Gasteiger partial charge in [-0.25, -0.2) is 0 Å². The Balaban J connectivity index is 1.99. The molecule has 0 saturated carbocycles. The molecule has 5 heteroatoms. The Morgan fingerprint density at radius 2 is 2.10 bits per heavy atom. The summed E-state index contributed by atoms with van der Waals surface area (Å²) in [6.45, 7) is 0. The molecule has 0 spiro atoms. The van der Waals surface area contributed by atoms with Crippen LogP contribution in [-0.2, 0) is 12.2 Å². The lowest BCUT2D eigenvalue weighted by Gasteiger charge is -2.16. The second kappa shape index (κ2) is 4.52. The van der Waals surface area contributed by atoms with Gasteiger partial charge in [0.1, 0.15) is 5.69 Å². The van der Waals surface area contributed by atoms with Crippen molar-refractivity contribution in [2.45, 2.75) is 12.2 Å². The second-order valence-corrected chi connectivity index (χ2v) is 5.97. The van der Waals surface area contributed by atoms with Gasteiger partial charge in [0.2, 0.25) is 0 Å². The molecule has 4 nitrogen and oxygen atoms in total. The third-order valence-corrected chi connectivity index (χ3v) is 4.65. The highest BCUT2D eigenvalue weighted by Crippen LogP contribution is 2.31. The van der Waals surface area contributed by atoms with Crippen LogP contribution in [-0.4, -0.2) is 20.5 Å². The van der Waals surface area contributed by atoms with Crippen molar-refractivity contribution >= 4 is 11.8 Å². The molecule has 0 amide bonds. The molecule has 0 fully saturated rings. The van der Waals surface area contributed by atoms with Gasteiger partial charge in [-0.2, -0.15) is 21.5 Å². The quantitative estimate of drug-likeness (QED) is 0.746. The maximum atomic E-state index is 12.5. The minimum atomic E-state index is -0.0548. The van der Waals surface area contributed by atoms with Crippen molar-refractivity contribution in [2.24, 2.45) is 0 Å². The Kier molecular flexibility index (Phi) is 2.67. The van der Waals surface area contributed by atoms with Crippen LogP contribution < -0.4 is 5.56 Å². The third-order valence-electron chi connectivity index (χ3n) is 3.66. The number of rotatable bonds is 1. The van der Waals surface area contributed by atoms with E-state index in [4.69, 9.17) is 0 Å². The number of para-hydroxylation sites is 1. The van der Waals surface area contributed by atoms with Gasteiger partial charge in [-0.1, -0.05) is 18.2 Å². The average Bonchev–Trinajstić information content (AvgIpc) is 2.86. The summed E-state index contributed by atoms with van der Waals surface area (Å²) in [4.78, 5) is 15.8. The van der Waals surface area contributed by atoms with Gasteiger partial charge in [0, 0.05) is 23.2 Å². The molecule has 0 aromatic heterocycles. The molecule has 1 aromatic carbocycles. The summed E-state index contributed by atoms with van der Waals surface area (Å²) in [6, 6.07) is 9.57. The highest BCUT2D eigenvalue weighted by molar-refractivity contribution is 7.98. The van der Waals surface area contributed by atoms with E-state index in [1.54, 1.807) is 6.20 Å². The number of nitrogens with one attached hydrogen (secondary N) is 1. The second-order valence-electron chi connectivity index (χ2n) is 4.86. The summed E-state index contributed by atoms with van der Waals surface area (Å²) in [6.07, 6.45) is 2.82. The Morgan fingerprint density at radius 1 is 1.25 bits per heavy atom. The van der Waals surface area contributed by atoms with Crippen molar-refractivity contribution in [3.8, 4) is 16.9 Å². The van der Waals surface area contributed by atoms with Crippen molar-refractivity contribution < 1.29 is 0 Å². The summed E-state index contributed by atoms with van der Waals surface area (Å²) in [5.74, 6) is 2.05. The lowest BCUT2D eigenvalue weighted by Crippen LogP contribution is -2.14. The average molecular weight is 283 g/mol. The van der Waals surface area contributed by atoms with E-state index in [1.807, 2.05) is 42.1 Å². The molecule has 0 radical (unpaired) electrons. The molecule has 3 aliphatic rings. The Hall–Kier alpha value is -2.01. The van der Waals surface area contributed by atoms with Crippen molar-refractivity contribution in [2.75, 3.05) is 5.75 Å². The van der Waals surface area contributed by atoms with Gasteiger partial charge in [0.15, 0.2) is 0 Å². The number of pyridine rings is 1. The van der Waals surface area contributed by atoms with Crippen molar-refractivity contribution in [3.05, 3.63) is 58.1 Å². The number of hydrogen-bond acceptors (Lipinski definition) is 3. The van der Waals surface area contributed by atoms with Crippen LogP contribution in [0.15, 0.2) is 41.3 Å². The standard InChI is InChI=1S/C15H13N3OS/c19-15-11-8-16-13-6-7-20-9-12(13)14(11)17-18(15)10-4-2-1-3-5-10/h1-5,8,16H,6-7,9H2. The fourth-order valence-corrected chi connectivity index (χ4v) is 3.64. The van der Waals surface area contributed by atoms with Crippen LogP contribution >= 0.6 is 11.8 Å². The maximum absolute atomic E-state index is 12.5. The van der Waals surface area contributed by atoms with Gasteiger partial charge < -0.3 is 4.98 Å². The molecule has 0 bridgehead atoms. The summed E-state index contributed by atoms with van der Waals surface area (Å²) >= 11 is 1.89. The van der Waals surface area contributed by atoms with Crippen molar-refractivity contribution in [1.82, 2.24) is 14.8 Å². The Labute approximate surface area is 120 Å². The fraction of sp³-hybridized carbons (Fsp3) is 0.200. The van der Waals surface area contributed by atoms with Crippen LogP contribution in [0.2, 0.25) is 0 Å². The smallest absolute Gasteiger partial charge is 0.282 e. The van der Waals surface area contributed by atoms with Gasteiger partial charge >= 0.3 is 0 Å². The number of benzene rings is 1. The number of aromatic amines is 1. The van der Waals surface area contributed by atoms with Crippen LogP contribution in [0, 0.1) is 0 Å². The summed E-state index contributed by atoms with van der Waals surface area (Å²) < 4.78 is 1.50. The molecule has 0 saturated heterocycles. The summed E-state index contributed by atoms with van der Waals surface area (Å²) in [5, 5.41) is 4.57. The lowest BCUT2D eigenvalue weighted by molar-refractivity contribution is 0.853. The number of aryl methyl sites for hydroxylation is 1. The predicted octanol–water partition coefficient (Wildman–Crippen LogP) is 2.45.